The molecule has 1 rings (SSSR count). The minimum Gasteiger partial charge on any atom is -0.323 e. The van der Waals surface area contributed by atoms with Gasteiger partial charge in [-0.1, -0.05) is 17.7 Å². The number of rotatable bonds is 5. The molecule has 0 heterocycles. The highest BCUT2D eigenvalue weighted by Crippen LogP contribution is 2.27. The molecule has 0 fully saturated rings. The Kier molecular flexibility index (Phi) is 5.34. The summed E-state index contributed by atoms with van der Waals surface area (Å²) in [7, 11) is -3.38. The zero-order valence-electron chi connectivity index (χ0n) is 11.1. The van der Waals surface area contributed by atoms with Gasteiger partial charge in [-0.2, -0.15) is 0 Å². The number of amides is 1. The Morgan fingerprint density at radius 2 is 1.95 bits per heavy atom. The highest BCUT2D eigenvalue weighted by atomic mass is 35.5. The van der Waals surface area contributed by atoms with Crippen molar-refractivity contribution >= 4 is 33.2 Å². The van der Waals surface area contributed by atoms with E-state index in [0.29, 0.717) is 10.7 Å². The van der Waals surface area contributed by atoms with Crippen molar-refractivity contribution in [3.8, 4) is 0 Å². The predicted molar refractivity (Wildman–Crippen MR) is 77.0 cm³/mol. The number of carbonyl (C=O) groups is 1. The number of hydrogen-bond acceptors (Lipinski definition) is 3. The van der Waals surface area contributed by atoms with Crippen LogP contribution in [0.5, 0.6) is 0 Å². The summed E-state index contributed by atoms with van der Waals surface area (Å²) >= 11 is 6.04. The van der Waals surface area contributed by atoms with Crippen molar-refractivity contribution in [2.24, 2.45) is 0 Å². The van der Waals surface area contributed by atoms with E-state index in [1.807, 2.05) is 19.9 Å². The van der Waals surface area contributed by atoms with Gasteiger partial charge >= 0.3 is 0 Å². The molecule has 0 radical (unpaired) electrons. The lowest BCUT2D eigenvalue weighted by molar-refractivity contribution is -0.115. The van der Waals surface area contributed by atoms with E-state index < -0.39 is 15.9 Å². The van der Waals surface area contributed by atoms with E-state index in [4.69, 9.17) is 11.6 Å². The van der Waals surface area contributed by atoms with Gasteiger partial charge in [-0.15, -0.1) is 0 Å². The standard InChI is InChI=1S/C12H17ClN2O3S/c1-4-19(17,18)14-7-11(16)15-12-9(3)5-8(2)6-10(12)13/h5-6,14H,4,7H2,1-3H3,(H,15,16). The molecule has 106 valence electrons. The van der Waals surface area contributed by atoms with Gasteiger partial charge in [0, 0.05) is 0 Å². The van der Waals surface area contributed by atoms with E-state index >= 15 is 0 Å². The molecule has 7 heteroatoms. The third-order valence-corrected chi connectivity index (χ3v) is 4.17. The molecule has 0 aromatic heterocycles. The Morgan fingerprint density at radius 1 is 1.32 bits per heavy atom. The number of aryl methyl sites for hydroxylation is 2. The molecule has 5 nitrogen and oxygen atoms in total. The second kappa shape index (κ2) is 6.36. The number of nitrogens with one attached hydrogen (secondary N) is 2. The lowest BCUT2D eigenvalue weighted by Gasteiger charge is -2.12. The largest absolute Gasteiger partial charge is 0.323 e. The van der Waals surface area contributed by atoms with Crippen molar-refractivity contribution in [2.75, 3.05) is 17.6 Å². The molecule has 1 aromatic carbocycles. The third kappa shape index (κ3) is 4.81. The second-order valence-electron chi connectivity index (χ2n) is 4.21. The van der Waals surface area contributed by atoms with E-state index in [0.717, 1.165) is 11.1 Å². The summed E-state index contributed by atoms with van der Waals surface area (Å²) in [5.41, 5.74) is 2.33. The molecule has 0 saturated heterocycles. The fraction of sp³-hybridized carbons (Fsp3) is 0.417. The van der Waals surface area contributed by atoms with Crippen molar-refractivity contribution in [2.45, 2.75) is 20.8 Å². The molecule has 1 amide bonds. The topological polar surface area (TPSA) is 75.3 Å². The number of benzene rings is 1. The first kappa shape index (κ1) is 15.9. The SMILES string of the molecule is CCS(=O)(=O)NCC(=O)Nc1c(C)cc(C)cc1Cl. The molecule has 0 spiro atoms. The average molecular weight is 305 g/mol. The molecule has 0 unspecified atom stereocenters. The van der Waals surface area contributed by atoms with E-state index in [1.165, 1.54) is 6.92 Å². The van der Waals surface area contributed by atoms with Crippen molar-refractivity contribution < 1.29 is 13.2 Å². The summed E-state index contributed by atoms with van der Waals surface area (Å²) in [4.78, 5) is 11.7. The maximum atomic E-state index is 11.7. The van der Waals surface area contributed by atoms with Gasteiger partial charge in [0.05, 0.1) is 23.0 Å². The van der Waals surface area contributed by atoms with E-state index in [1.54, 1.807) is 6.07 Å². The maximum Gasteiger partial charge on any atom is 0.239 e. The normalized spacial score (nSPS) is 11.4. The molecule has 1 aromatic rings. The van der Waals surface area contributed by atoms with Gasteiger partial charge in [-0.25, -0.2) is 13.1 Å². The predicted octanol–water partition coefficient (Wildman–Crippen LogP) is 1.83. The lowest BCUT2D eigenvalue weighted by Crippen LogP contribution is -2.33. The van der Waals surface area contributed by atoms with Crippen molar-refractivity contribution in [1.29, 1.82) is 0 Å². The number of sulfonamides is 1. The van der Waals surface area contributed by atoms with Crippen molar-refractivity contribution in [1.82, 2.24) is 4.72 Å². The van der Waals surface area contributed by atoms with Gasteiger partial charge in [0.15, 0.2) is 0 Å². The lowest BCUT2D eigenvalue weighted by atomic mass is 10.1. The summed E-state index contributed by atoms with van der Waals surface area (Å²) in [6.07, 6.45) is 0. The molecule has 0 aliphatic carbocycles. The fourth-order valence-corrected chi connectivity index (χ4v) is 2.46. The van der Waals surface area contributed by atoms with Gasteiger partial charge in [-0.3, -0.25) is 4.79 Å². The number of carbonyl (C=O) groups excluding carboxylic acids is 1. The summed E-state index contributed by atoms with van der Waals surface area (Å²) in [6.45, 7) is 4.92. The monoisotopic (exact) mass is 304 g/mol. The van der Waals surface area contributed by atoms with Crippen LogP contribution in [0.2, 0.25) is 5.02 Å². The second-order valence-corrected chi connectivity index (χ2v) is 6.71. The molecule has 0 aliphatic heterocycles. The van der Waals surface area contributed by atoms with Crippen LogP contribution in [0.3, 0.4) is 0 Å². The Balaban J connectivity index is 2.73. The van der Waals surface area contributed by atoms with Gasteiger partial charge in [0.1, 0.15) is 0 Å². The Hall–Kier alpha value is -1.11. The van der Waals surface area contributed by atoms with Gasteiger partial charge in [0.25, 0.3) is 0 Å². The fourth-order valence-electron chi connectivity index (χ4n) is 1.54. The highest BCUT2D eigenvalue weighted by Gasteiger charge is 2.12. The first-order valence-corrected chi connectivity index (χ1v) is 7.82. The summed E-state index contributed by atoms with van der Waals surface area (Å²) < 4.78 is 24.6. The molecule has 0 atom stereocenters. The maximum absolute atomic E-state index is 11.7. The Morgan fingerprint density at radius 3 is 2.47 bits per heavy atom. The molecule has 2 N–H and O–H groups in total. The third-order valence-electron chi connectivity index (χ3n) is 2.53. The van der Waals surface area contributed by atoms with Crippen LogP contribution in [0.15, 0.2) is 12.1 Å². The van der Waals surface area contributed by atoms with Gasteiger partial charge < -0.3 is 5.32 Å². The molecular formula is C12H17ClN2O3S. The highest BCUT2D eigenvalue weighted by molar-refractivity contribution is 7.89. The van der Waals surface area contributed by atoms with Gasteiger partial charge in [-0.05, 0) is 38.0 Å². The van der Waals surface area contributed by atoms with Crippen LogP contribution in [0.25, 0.3) is 0 Å². The first-order valence-electron chi connectivity index (χ1n) is 5.79. The zero-order chi connectivity index (χ0) is 14.6. The molecular weight excluding hydrogens is 288 g/mol. The van der Waals surface area contributed by atoms with Crippen molar-refractivity contribution in [3.63, 3.8) is 0 Å². The summed E-state index contributed by atoms with van der Waals surface area (Å²) in [5.74, 6) is -0.518. The van der Waals surface area contributed by atoms with Crippen LogP contribution < -0.4 is 10.0 Å². The Labute approximate surface area is 118 Å². The van der Waals surface area contributed by atoms with Crippen LogP contribution >= 0.6 is 11.6 Å². The smallest absolute Gasteiger partial charge is 0.239 e. The molecule has 19 heavy (non-hydrogen) atoms. The van der Waals surface area contributed by atoms with Crippen LogP contribution in [-0.2, 0) is 14.8 Å². The average Bonchev–Trinajstić information content (AvgIpc) is 2.31. The quantitative estimate of drug-likeness (QED) is 0.871. The van der Waals surface area contributed by atoms with E-state index in [2.05, 4.69) is 10.0 Å². The molecule has 0 aliphatic rings. The minimum atomic E-state index is -3.38. The van der Waals surface area contributed by atoms with Crippen LogP contribution in [0, 0.1) is 13.8 Å². The van der Waals surface area contributed by atoms with Crippen molar-refractivity contribution in [3.05, 3.63) is 28.3 Å². The Bertz CT molecular complexity index is 562. The summed E-state index contributed by atoms with van der Waals surface area (Å²) in [6, 6.07) is 3.62. The zero-order valence-corrected chi connectivity index (χ0v) is 12.7. The molecule has 0 bridgehead atoms. The summed E-state index contributed by atoms with van der Waals surface area (Å²) in [5, 5.41) is 3.04. The number of hydrogen-bond donors (Lipinski definition) is 2. The van der Waals surface area contributed by atoms with Crippen LogP contribution in [0.4, 0.5) is 5.69 Å². The van der Waals surface area contributed by atoms with E-state index in [-0.39, 0.29) is 12.3 Å². The van der Waals surface area contributed by atoms with Gasteiger partial charge in [0.2, 0.25) is 15.9 Å². The number of anilines is 1. The molecule has 0 saturated carbocycles. The first-order chi connectivity index (χ1) is 8.75. The van der Waals surface area contributed by atoms with E-state index in [9.17, 15) is 13.2 Å². The van der Waals surface area contributed by atoms with Crippen LogP contribution in [-0.4, -0.2) is 26.6 Å². The minimum absolute atomic E-state index is 0.0649. The number of halogens is 1. The van der Waals surface area contributed by atoms with Crippen LogP contribution in [0.1, 0.15) is 18.1 Å².